The highest BCUT2D eigenvalue weighted by Crippen LogP contribution is 2.28. The van der Waals surface area contributed by atoms with Crippen LogP contribution >= 0.6 is 11.6 Å². The second-order valence-corrected chi connectivity index (χ2v) is 7.24. The minimum absolute atomic E-state index is 0.0976. The van der Waals surface area contributed by atoms with Gasteiger partial charge in [0.25, 0.3) is 5.91 Å². The second kappa shape index (κ2) is 7.13. The van der Waals surface area contributed by atoms with E-state index in [2.05, 4.69) is 22.4 Å². The average molecular weight is 382 g/mol. The van der Waals surface area contributed by atoms with Gasteiger partial charge in [0, 0.05) is 30.1 Å². The molecule has 1 saturated heterocycles. The number of amides is 1. The first-order valence-corrected chi connectivity index (χ1v) is 9.20. The number of nitrogens with zero attached hydrogens (tertiary/aromatic N) is 4. The van der Waals surface area contributed by atoms with Crippen molar-refractivity contribution in [2.24, 2.45) is 5.73 Å². The van der Waals surface area contributed by atoms with Gasteiger partial charge in [-0.1, -0.05) is 53.2 Å². The average Bonchev–Trinajstić information content (AvgIpc) is 3.25. The van der Waals surface area contributed by atoms with Crippen LogP contribution < -0.4 is 5.73 Å². The minimum Gasteiger partial charge on any atom is -0.335 e. The molecule has 0 saturated carbocycles. The van der Waals surface area contributed by atoms with E-state index < -0.39 is 0 Å². The number of carbonyl (C=O) groups is 1. The van der Waals surface area contributed by atoms with Crippen LogP contribution in [0.2, 0.25) is 5.02 Å². The van der Waals surface area contributed by atoms with E-state index in [0.29, 0.717) is 29.5 Å². The topological polar surface area (TPSA) is 77.0 Å². The van der Waals surface area contributed by atoms with Gasteiger partial charge in [0.1, 0.15) is 0 Å². The Morgan fingerprint density at radius 2 is 1.93 bits per heavy atom. The number of nitrogens with two attached hydrogens (primary N) is 1. The Labute approximate surface area is 162 Å². The molecule has 138 valence electrons. The van der Waals surface area contributed by atoms with Crippen LogP contribution in [0, 0.1) is 6.92 Å². The van der Waals surface area contributed by atoms with Gasteiger partial charge in [0.15, 0.2) is 5.69 Å². The summed E-state index contributed by atoms with van der Waals surface area (Å²) in [6.07, 6.45) is 0. The van der Waals surface area contributed by atoms with Crippen LogP contribution in [0.25, 0.3) is 5.69 Å². The molecule has 3 aromatic rings. The number of halogens is 1. The number of hydrogen-bond donors (Lipinski definition) is 1. The van der Waals surface area contributed by atoms with Crippen molar-refractivity contribution in [2.75, 3.05) is 13.1 Å². The normalized spacial score (nSPS) is 19.4. The van der Waals surface area contributed by atoms with Gasteiger partial charge in [-0.05, 0) is 30.7 Å². The van der Waals surface area contributed by atoms with E-state index >= 15 is 0 Å². The number of benzene rings is 2. The maximum absolute atomic E-state index is 13.0. The predicted molar refractivity (Wildman–Crippen MR) is 104 cm³/mol. The molecule has 0 aliphatic carbocycles. The number of likely N-dealkylation sites (tertiary alicyclic amines) is 1. The van der Waals surface area contributed by atoms with Crippen molar-refractivity contribution in [3.8, 4) is 5.69 Å². The van der Waals surface area contributed by atoms with E-state index in [0.717, 1.165) is 11.3 Å². The van der Waals surface area contributed by atoms with E-state index in [1.54, 1.807) is 21.7 Å². The van der Waals surface area contributed by atoms with E-state index in [1.807, 2.05) is 37.3 Å². The molecule has 2 aromatic carbocycles. The van der Waals surface area contributed by atoms with Crippen molar-refractivity contribution in [1.82, 2.24) is 19.9 Å². The summed E-state index contributed by atoms with van der Waals surface area (Å²) >= 11 is 6.06. The van der Waals surface area contributed by atoms with E-state index in [9.17, 15) is 4.79 Å². The van der Waals surface area contributed by atoms with Gasteiger partial charge in [-0.15, -0.1) is 5.10 Å². The van der Waals surface area contributed by atoms with Gasteiger partial charge < -0.3 is 10.6 Å². The monoisotopic (exact) mass is 381 g/mol. The number of rotatable bonds is 3. The molecule has 0 unspecified atom stereocenters. The Morgan fingerprint density at radius 3 is 2.67 bits per heavy atom. The summed E-state index contributed by atoms with van der Waals surface area (Å²) in [5.41, 5.74) is 9.26. The summed E-state index contributed by atoms with van der Waals surface area (Å²) in [7, 11) is 0. The van der Waals surface area contributed by atoms with Crippen LogP contribution in [0.15, 0.2) is 54.6 Å². The molecule has 27 heavy (non-hydrogen) atoms. The molecule has 2 atom stereocenters. The van der Waals surface area contributed by atoms with Crippen LogP contribution in [0.3, 0.4) is 0 Å². The molecule has 2 N–H and O–H groups in total. The zero-order valence-electron chi connectivity index (χ0n) is 14.9. The number of hydrogen-bond acceptors (Lipinski definition) is 4. The zero-order valence-corrected chi connectivity index (χ0v) is 15.7. The third-order valence-electron chi connectivity index (χ3n) is 5.03. The van der Waals surface area contributed by atoms with Crippen molar-refractivity contribution in [3.05, 3.63) is 76.6 Å². The lowest BCUT2D eigenvalue weighted by Gasteiger charge is -2.15. The number of carbonyl (C=O) groups excluding carboxylic acids is 1. The molecule has 0 radical (unpaired) electrons. The molecule has 6 nitrogen and oxygen atoms in total. The zero-order chi connectivity index (χ0) is 19.0. The Hall–Kier alpha value is -2.70. The van der Waals surface area contributed by atoms with Gasteiger partial charge in [0.05, 0.1) is 11.4 Å². The molecule has 1 fully saturated rings. The third kappa shape index (κ3) is 3.34. The van der Waals surface area contributed by atoms with Gasteiger partial charge in [-0.25, -0.2) is 4.68 Å². The molecule has 1 amide bonds. The predicted octanol–water partition coefficient (Wildman–Crippen LogP) is 2.80. The molecule has 1 aliphatic heterocycles. The third-order valence-corrected chi connectivity index (χ3v) is 5.27. The van der Waals surface area contributed by atoms with Crippen LogP contribution in [-0.4, -0.2) is 44.9 Å². The van der Waals surface area contributed by atoms with Crippen LogP contribution in [0.1, 0.15) is 27.7 Å². The molecular formula is C20H20ClN5O. The summed E-state index contributed by atoms with van der Waals surface area (Å²) < 4.78 is 1.63. The first kappa shape index (κ1) is 17.7. The Morgan fingerprint density at radius 1 is 1.15 bits per heavy atom. The maximum Gasteiger partial charge on any atom is 0.276 e. The fourth-order valence-corrected chi connectivity index (χ4v) is 3.76. The highest BCUT2D eigenvalue weighted by Gasteiger charge is 2.35. The lowest BCUT2D eigenvalue weighted by Crippen LogP contribution is -2.32. The van der Waals surface area contributed by atoms with Crippen molar-refractivity contribution in [2.45, 2.75) is 18.9 Å². The first-order chi connectivity index (χ1) is 13.0. The van der Waals surface area contributed by atoms with Gasteiger partial charge in [-0.2, -0.15) is 0 Å². The molecule has 1 aliphatic rings. The summed E-state index contributed by atoms with van der Waals surface area (Å²) in [6, 6.07) is 17.3. The quantitative estimate of drug-likeness (QED) is 0.756. The van der Waals surface area contributed by atoms with Gasteiger partial charge in [-0.3, -0.25) is 4.79 Å². The van der Waals surface area contributed by atoms with Crippen LogP contribution in [-0.2, 0) is 0 Å². The molecule has 7 heteroatoms. The fraction of sp³-hybridized carbons (Fsp3) is 0.250. The largest absolute Gasteiger partial charge is 0.335 e. The van der Waals surface area contributed by atoms with Crippen molar-refractivity contribution >= 4 is 17.5 Å². The maximum atomic E-state index is 13.0. The molecule has 0 spiro atoms. The molecule has 0 bridgehead atoms. The van der Waals surface area contributed by atoms with Crippen molar-refractivity contribution < 1.29 is 4.79 Å². The lowest BCUT2D eigenvalue weighted by molar-refractivity contribution is 0.0782. The lowest BCUT2D eigenvalue weighted by atomic mass is 9.95. The SMILES string of the molecule is Cc1c(C(=O)N2C[C@@H](N)[C@H](c3ccccc3)C2)nnn1-c1cccc(Cl)c1. The van der Waals surface area contributed by atoms with E-state index in [4.69, 9.17) is 17.3 Å². The molecule has 2 heterocycles. The summed E-state index contributed by atoms with van der Waals surface area (Å²) in [4.78, 5) is 14.8. The Balaban J connectivity index is 1.57. The van der Waals surface area contributed by atoms with E-state index in [-0.39, 0.29) is 17.9 Å². The standard InChI is InChI=1S/C20H20ClN5O/c1-13-19(23-24-26(13)16-9-5-8-15(21)10-16)20(27)25-11-17(18(22)12-25)14-6-3-2-4-7-14/h2-10,17-18H,11-12,22H2,1H3/t17-,18+/m0/s1. The van der Waals surface area contributed by atoms with Crippen LogP contribution in [0.4, 0.5) is 0 Å². The van der Waals surface area contributed by atoms with E-state index in [1.165, 1.54) is 0 Å². The minimum atomic E-state index is -0.144. The summed E-state index contributed by atoms with van der Waals surface area (Å²) in [6.45, 7) is 2.91. The highest BCUT2D eigenvalue weighted by atomic mass is 35.5. The van der Waals surface area contributed by atoms with Crippen LogP contribution in [0.5, 0.6) is 0 Å². The summed E-state index contributed by atoms with van der Waals surface area (Å²) in [5.74, 6) is -0.0203. The van der Waals surface area contributed by atoms with Gasteiger partial charge in [0.2, 0.25) is 0 Å². The summed E-state index contributed by atoms with van der Waals surface area (Å²) in [5, 5.41) is 8.88. The first-order valence-electron chi connectivity index (χ1n) is 8.82. The molecule has 4 rings (SSSR count). The fourth-order valence-electron chi connectivity index (χ4n) is 3.58. The van der Waals surface area contributed by atoms with Crippen molar-refractivity contribution in [3.63, 3.8) is 0 Å². The molecule has 1 aromatic heterocycles. The number of aromatic nitrogens is 3. The van der Waals surface area contributed by atoms with Crippen molar-refractivity contribution in [1.29, 1.82) is 0 Å². The van der Waals surface area contributed by atoms with Gasteiger partial charge >= 0.3 is 0 Å². The molecular weight excluding hydrogens is 362 g/mol. The Kier molecular flexibility index (Phi) is 4.68. The highest BCUT2D eigenvalue weighted by molar-refractivity contribution is 6.30. The Bertz CT molecular complexity index is 972. The smallest absolute Gasteiger partial charge is 0.276 e. The second-order valence-electron chi connectivity index (χ2n) is 6.81.